The molecule has 8 nitrogen and oxygen atoms in total. The number of benzene rings is 2. The van der Waals surface area contributed by atoms with E-state index in [0.717, 1.165) is 13.0 Å². The number of anilines is 1. The van der Waals surface area contributed by atoms with Crippen molar-refractivity contribution in [1.82, 2.24) is 14.8 Å². The van der Waals surface area contributed by atoms with Crippen LogP contribution < -0.4 is 19.5 Å². The minimum absolute atomic E-state index is 0.00232. The lowest BCUT2D eigenvalue weighted by Gasteiger charge is -2.13. The lowest BCUT2D eigenvalue weighted by atomic mass is 10.2. The van der Waals surface area contributed by atoms with Gasteiger partial charge in [-0.3, -0.25) is 14.5 Å². The van der Waals surface area contributed by atoms with E-state index in [-0.39, 0.29) is 11.4 Å². The average molecular weight is 450 g/mol. The van der Waals surface area contributed by atoms with Crippen molar-refractivity contribution in [2.24, 2.45) is 0 Å². The van der Waals surface area contributed by atoms with E-state index >= 15 is 0 Å². The number of nitrogens with zero attached hydrogens (tertiary/aromatic N) is 3. The fourth-order valence-corrected chi connectivity index (χ4v) is 3.35. The van der Waals surface area contributed by atoms with Gasteiger partial charge in [-0.2, -0.15) is 5.10 Å². The molecule has 2 heterocycles. The van der Waals surface area contributed by atoms with Crippen LogP contribution in [0.5, 0.6) is 23.0 Å². The Morgan fingerprint density at radius 2 is 1.82 bits per heavy atom. The van der Waals surface area contributed by atoms with Gasteiger partial charge in [0.25, 0.3) is 5.91 Å². The molecule has 1 amide bonds. The normalized spacial score (nSPS) is 10.8. The second kappa shape index (κ2) is 9.56. The van der Waals surface area contributed by atoms with E-state index in [0.29, 0.717) is 33.8 Å². The monoisotopic (exact) mass is 450 g/mol. The maximum absolute atomic E-state index is 14.8. The SMILES string of the molecule is CCCn1ccc(C(=O)Nc2ccc(Oc3ccnc4cc(OC)c(OC)cc34)c(F)c2)n1. The largest absolute Gasteiger partial charge is 0.493 e. The van der Waals surface area contributed by atoms with Gasteiger partial charge >= 0.3 is 0 Å². The van der Waals surface area contributed by atoms with Gasteiger partial charge in [-0.25, -0.2) is 4.39 Å². The Morgan fingerprint density at radius 3 is 2.55 bits per heavy atom. The number of ether oxygens (including phenoxy) is 3. The molecule has 0 bridgehead atoms. The van der Waals surface area contributed by atoms with Crippen molar-refractivity contribution < 1.29 is 23.4 Å². The predicted molar refractivity (Wildman–Crippen MR) is 122 cm³/mol. The van der Waals surface area contributed by atoms with Crippen LogP contribution in [0.2, 0.25) is 0 Å². The third-order valence-corrected chi connectivity index (χ3v) is 4.94. The van der Waals surface area contributed by atoms with E-state index in [1.54, 1.807) is 47.4 Å². The molecule has 0 saturated carbocycles. The Morgan fingerprint density at radius 1 is 1.03 bits per heavy atom. The third-order valence-electron chi connectivity index (χ3n) is 4.94. The molecule has 9 heteroatoms. The summed E-state index contributed by atoms with van der Waals surface area (Å²) in [6.07, 6.45) is 4.20. The molecule has 0 fully saturated rings. The van der Waals surface area contributed by atoms with Gasteiger partial charge in [0.2, 0.25) is 0 Å². The summed E-state index contributed by atoms with van der Waals surface area (Å²) in [7, 11) is 3.07. The highest BCUT2D eigenvalue weighted by Gasteiger charge is 2.15. The van der Waals surface area contributed by atoms with Crippen molar-refractivity contribution >= 4 is 22.5 Å². The maximum Gasteiger partial charge on any atom is 0.276 e. The zero-order chi connectivity index (χ0) is 23.4. The number of halogens is 1. The van der Waals surface area contributed by atoms with Crippen molar-refractivity contribution in [3.63, 3.8) is 0 Å². The predicted octanol–water partition coefficient (Wildman–Crippen LogP) is 5.04. The van der Waals surface area contributed by atoms with Gasteiger partial charge in [0.1, 0.15) is 5.75 Å². The number of nitrogens with one attached hydrogen (secondary N) is 1. The van der Waals surface area contributed by atoms with Crippen LogP contribution in [-0.4, -0.2) is 34.9 Å². The zero-order valence-corrected chi connectivity index (χ0v) is 18.5. The summed E-state index contributed by atoms with van der Waals surface area (Å²) < 4.78 is 33.0. The number of hydrogen-bond acceptors (Lipinski definition) is 6. The fraction of sp³-hybridized carbons (Fsp3) is 0.208. The Bertz CT molecular complexity index is 1310. The molecule has 0 atom stereocenters. The summed E-state index contributed by atoms with van der Waals surface area (Å²) in [6, 6.07) is 10.9. The zero-order valence-electron chi connectivity index (χ0n) is 18.5. The molecule has 170 valence electrons. The minimum atomic E-state index is -0.630. The van der Waals surface area contributed by atoms with Crippen molar-refractivity contribution in [3.8, 4) is 23.0 Å². The first-order valence-corrected chi connectivity index (χ1v) is 10.3. The number of rotatable bonds is 8. The fourth-order valence-electron chi connectivity index (χ4n) is 3.35. The van der Waals surface area contributed by atoms with E-state index in [1.807, 2.05) is 6.92 Å². The average Bonchev–Trinajstić information content (AvgIpc) is 3.29. The summed E-state index contributed by atoms with van der Waals surface area (Å²) in [6.45, 7) is 2.74. The number of carbonyl (C=O) groups is 1. The van der Waals surface area contributed by atoms with Gasteiger partial charge in [0.15, 0.2) is 28.8 Å². The Balaban J connectivity index is 1.55. The number of fused-ring (bicyclic) bond motifs is 1. The molecule has 2 aromatic carbocycles. The lowest BCUT2D eigenvalue weighted by molar-refractivity contribution is 0.102. The van der Waals surface area contributed by atoms with Gasteiger partial charge in [0, 0.05) is 42.1 Å². The van der Waals surface area contributed by atoms with E-state index in [2.05, 4.69) is 15.4 Å². The second-order valence-electron chi connectivity index (χ2n) is 7.20. The highest BCUT2D eigenvalue weighted by atomic mass is 19.1. The van der Waals surface area contributed by atoms with Crippen LogP contribution in [0.25, 0.3) is 10.9 Å². The van der Waals surface area contributed by atoms with Gasteiger partial charge in [0.05, 0.1) is 19.7 Å². The molecule has 4 rings (SSSR count). The van der Waals surface area contributed by atoms with Crippen LogP contribution in [0.4, 0.5) is 10.1 Å². The van der Waals surface area contributed by atoms with Crippen LogP contribution in [0.3, 0.4) is 0 Å². The smallest absolute Gasteiger partial charge is 0.276 e. The highest BCUT2D eigenvalue weighted by molar-refractivity contribution is 6.02. The number of aromatic nitrogens is 3. The Hall–Kier alpha value is -4.14. The molecular formula is C24H23FN4O4. The number of methoxy groups -OCH3 is 2. The topological polar surface area (TPSA) is 87.5 Å². The first-order valence-electron chi connectivity index (χ1n) is 10.3. The third kappa shape index (κ3) is 4.72. The molecule has 0 spiro atoms. The highest BCUT2D eigenvalue weighted by Crippen LogP contribution is 2.37. The van der Waals surface area contributed by atoms with Gasteiger partial charge in [-0.05, 0) is 36.8 Å². The molecule has 1 N–H and O–H groups in total. The number of pyridine rings is 1. The molecule has 0 unspecified atom stereocenters. The number of hydrogen-bond donors (Lipinski definition) is 1. The number of amides is 1. The Labute approximate surface area is 189 Å². The van der Waals surface area contributed by atoms with Crippen molar-refractivity contribution in [2.75, 3.05) is 19.5 Å². The first-order chi connectivity index (χ1) is 16.0. The standard InChI is InChI=1S/C24H23FN4O4/c1-4-10-29-11-8-18(28-29)24(30)27-15-5-6-21(17(25)12-15)33-20-7-9-26-19-14-23(32-3)22(31-2)13-16(19)20/h5-9,11-14H,4,10H2,1-3H3,(H,27,30). The summed E-state index contributed by atoms with van der Waals surface area (Å²) >= 11 is 0. The van der Waals surface area contributed by atoms with Crippen LogP contribution in [0, 0.1) is 5.82 Å². The van der Waals surface area contributed by atoms with Crippen LogP contribution in [0.15, 0.2) is 54.9 Å². The lowest BCUT2D eigenvalue weighted by Crippen LogP contribution is -2.13. The van der Waals surface area contributed by atoms with Gasteiger partial charge < -0.3 is 19.5 Å². The summed E-state index contributed by atoms with van der Waals surface area (Å²) in [4.78, 5) is 16.7. The van der Waals surface area contributed by atoms with Gasteiger partial charge in [-0.15, -0.1) is 0 Å². The molecule has 2 aromatic heterocycles. The second-order valence-corrected chi connectivity index (χ2v) is 7.20. The minimum Gasteiger partial charge on any atom is -0.493 e. The summed E-state index contributed by atoms with van der Waals surface area (Å²) in [5.41, 5.74) is 1.16. The van der Waals surface area contributed by atoms with E-state index in [9.17, 15) is 9.18 Å². The summed E-state index contributed by atoms with van der Waals surface area (Å²) in [5, 5.41) is 7.49. The first kappa shape index (κ1) is 22.1. The Kier molecular flexibility index (Phi) is 6.39. The molecule has 0 saturated heterocycles. The van der Waals surface area contributed by atoms with Crippen LogP contribution in [-0.2, 0) is 6.54 Å². The number of aryl methyl sites for hydroxylation is 1. The van der Waals surface area contributed by atoms with Crippen molar-refractivity contribution in [1.29, 1.82) is 0 Å². The van der Waals surface area contributed by atoms with Crippen LogP contribution >= 0.6 is 0 Å². The quantitative estimate of drug-likeness (QED) is 0.405. The molecule has 0 aliphatic carbocycles. The van der Waals surface area contributed by atoms with Crippen molar-refractivity contribution in [3.05, 3.63) is 66.4 Å². The molecule has 33 heavy (non-hydrogen) atoms. The molecule has 4 aromatic rings. The molecule has 0 aliphatic heterocycles. The number of carbonyl (C=O) groups excluding carboxylic acids is 1. The van der Waals surface area contributed by atoms with Gasteiger partial charge in [-0.1, -0.05) is 6.92 Å². The van der Waals surface area contributed by atoms with Crippen LogP contribution in [0.1, 0.15) is 23.8 Å². The molecule has 0 aliphatic rings. The van der Waals surface area contributed by atoms with E-state index in [4.69, 9.17) is 14.2 Å². The molecule has 0 radical (unpaired) electrons. The van der Waals surface area contributed by atoms with E-state index in [1.165, 1.54) is 26.4 Å². The maximum atomic E-state index is 14.8. The van der Waals surface area contributed by atoms with Crippen molar-refractivity contribution in [2.45, 2.75) is 19.9 Å². The summed E-state index contributed by atoms with van der Waals surface area (Å²) in [5.74, 6) is 0.387. The molecular weight excluding hydrogens is 427 g/mol. The van der Waals surface area contributed by atoms with E-state index < -0.39 is 11.7 Å².